The second-order valence-electron chi connectivity index (χ2n) is 11.2. The van der Waals surface area contributed by atoms with Gasteiger partial charge >= 0.3 is 0 Å². The van der Waals surface area contributed by atoms with Gasteiger partial charge in [-0.25, -0.2) is 4.98 Å². The number of amides is 3. The van der Waals surface area contributed by atoms with E-state index in [1.165, 1.54) is 11.3 Å². The fourth-order valence-corrected chi connectivity index (χ4v) is 5.97. The van der Waals surface area contributed by atoms with Crippen molar-refractivity contribution < 1.29 is 23.9 Å². The number of carbonyl (C=O) groups is 3. The molecule has 11 nitrogen and oxygen atoms in total. The number of imide groups is 1. The molecule has 0 spiro atoms. The molecule has 6 rings (SSSR count). The van der Waals surface area contributed by atoms with Crippen LogP contribution in [0.15, 0.2) is 47.5 Å². The van der Waals surface area contributed by atoms with Crippen LogP contribution in [0.3, 0.4) is 0 Å². The van der Waals surface area contributed by atoms with Crippen molar-refractivity contribution in [3.05, 3.63) is 65.6 Å². The lowest BCUT2D eigenvalue weighted by Gasteiger charge is -2.50. The second kappa shape index (κ2) is 9.35. The average Bonchev–Trinajstić information content (AvgIpc) is 3.55. The maximum Gasteiger partial charge on any atom is 0.256 e. The van der Waals surface area contributed by atoms with Crippen LogP contribution in [0.1, 0.15) is 60.4 Å². The van der Waals surface area contributed by atoms with Crippen LogP contribution in [0.4, 0.5) is 0 Å². The summed E-state index contributed by atoms with van der Waals surface area (Å²) in [6.07, 6.45) is 5.74. The average molecular weight is 531 g/mol. The molecule has 0 unspecified atom stereocenters. The largest absolute Gasteiger partial charge is 0.451 e. The van der Waals surface area contributed by atoms with Crippen molar-refractivity contribution in [3.8, 4) is 11.4 Å². The lowest BCUT2D eigenvalue weighted by Crippen LogP contribution is -2.55. The number of aliphatic hydroxyl groups is 1. The standard InChI is InChI=1S/C28H30N6O5/c1-27(2)15-33(12-17-3-5-19(29-11-17)21-14-39-16-30-21)10-9-28(27,38)23-7-4-18-20(31-23)13-34(26(18)37)22-6-8-24(35)32-25(22)36/h3-5,7,11,14,16,22,38H,6,8-10,12-13,15H2,1-2H3,(H,32,35,36)/t22-,28+/m1/s1. The molecule has 3 amide bonds. The van der Waals surface area contributed by atoms with Crippen molar-refractivity contribution in [1.29, 1.82) is 0 Å². The number of likely N-dealkylation sites (tertiary alicyclic amines) is 1. The van der Waals surface area contributed by atoms with E-state index in [0.29, 0.717) is 55.1 Å². The molecule has 0 radical (unpaired) electrons. The molecule has 3 aromatic rings. The molecule has 202 valence electrons. The summed E-state index contributed by atoms with van der Waals surface area (Å²) >= 11 is 0. The highest BCUT2D eigenvalue weighted by Gasteiger charge is 2.50. The predicted molar refractivity (Wildman–Crippen MR) is 138 cm³/mol. The van der Waals surface area contributed by atoms with Crippen molar-refractivity contribution in [1.82, 2.24) is 30.1 Å². The molecule has 3 aliphatic heterocycles. The van der Waals surface area contributed by atoms with Crippen molar-refractivity contribution in [3.63, 3.8) is 0 Å². The van der Waals surface area contributed by atoms with E-state index in [4.69, 9.17) is 9.40 Å². The zero-order chi connectivity index (χ0) is 27.4. The molecule has 3 aromatic heterocycles. The number of carbonyl (C=O) groups excluding carboxylic acids is 3. The van der Waals surface area contributed by atoms with Crippen molar-refractivity contribution in [2.75, 3.05) is 13.1 Å². The number of hydrogen-bond acceptors (Lipinski definition) is 9. The summed E-state index contributed by atoms with van der Waals surface area (Å²) in [6, 6.07) is 6.68. The number of nitrogens with zero attached hydrogens (tertiary/aromatic N) is 5. The first kappa shape index (κ1) is 25.3. The van der Waals surface area contributed by atoms with Gasteiger partial charge in [0.2, 0.25) is 11.8 Å². The van der Waals surface area contributed by atoms with E-state index in [1.54, 1.807) is 18.4 Å². The maximum absolute atomic E-state index is 13.1. The number of fused-ring (bicyclic) bond motifs is 1. The normalized spacial score (nSPS) is 25.1. The first-order valence-corrected chi connectivity index (χ1v) is 13.1. The molecule has 2 atom stereocenters. The summed E-state index contributed by atoms with van der Waals surface area (Å²) in [5, 5.41) is 14.3. The summed E-state index contributed by atoms with van der Waals surface area (Å²) in [5.74, 6) is -1.05. The summed E-state index contributed by atoms with van der Waals surface area (Å²) in [5.41, 5.74) is 2.28. The van der Waals surface area contributed by atoms with E-state index in [2.05, 4.69) is 20.2 Å². The number of oxazole rings is 1. The Balaban J connectivity index is 1.16. The van der Waals surface area contributed by atoms with E-state index in [0.717, 1.165) is 11.3 Å². The molecular formula is C28H30N6O5. The third-order valence-electron chi connectivity index (χ3n) is 8.25. The number of aromatic nitrogens is 3. The van der Waals surface area contributed by atoms with Gasteiger partial charge in [0, 0.05) is 37.7 Å². The van der Waals surface area contributed by atoms with Gasteiger partial charge in [0.15, 0.2) is 6.39 Å². The Hall–Kier alpha value is -3.96. The highest BCUT2D eigenvalue weighted by molar-refractivity contribution is 6.05. The van der Waals surface area contributed by atoms with Gasteiger partial charge in [-0.15, -0.1) is 0 Å². The second-order valence-corrected chi connectivity index (χ2v) is 11.2. The molecule has 39 heavy (non-hydrogen) atoms. The Morgan fingerprint density at radius 1 is 1.13 bits per heavy atom. The lowest BCUT2D eigenvalue weighted by atomic mass is 9.68. The SMILES string of the molecule is CC1(C)CN(Cc2ccc(-c3cocn3)nc2)CC[C@]1(O)c1ccc2c(n1)CN([C@@H]1CCC(=O)NC1=O)C2=O. The van der Waals surface area contributed by atoms with Gasteiger partial charge in [-0.2, -0.15) is 0 Å². The monoisotopic (exact) mass is 530 g/mol. The topological polar surface area (TPSA) is 142 Å². The molecular weight excluding hydrogens is 500 g/mol. The Morgan fingerprint density at radius 2 is 1.97 bits per heavy atom. The summed E-state index contributed by atoms with van der Waals surface area (Å²) in [7, 11) is 0. The molecule has 0 aliphatic carbocycles. The van der Waals surface area contributed by atoms with Crippen LogP contribution < -0.4 is 5.32 Å². The molecule has 6 heterocycles. The lowest BCUT2D eigenvalue weighted by molar-refractivity contribution is -0.137. The third kappa shape index (κ3) is 4.41. The van der Waals surface area contributed by atoms with Crippen molar-refractivity contribution in [2.45, 2.75) is 57.8 Å². The first-order valence-electron chi connectivity index (χ1n) is 13.1. The Bertz CT molecular complexity index is 1440. The molecule has 0 bridgehead atoms. The van der Waals surface area contributed by atoms with Gasteiger partial charge in [-0.3, -0.25) is 34.6 Å². The van der Waals surface area contributed by atoms with Gasteiger partial charge in [0.05, 0.1) is 29.2 Å². The molecule has 0 aromatic carbocycles. The quantitative estimate of drug-likeness (QED) is 0.474. The predicted octanol–water partition coefficient (Wildman–Crippen LogP) is 2.01. The van der Waals surface area contributed by atoms with Crippen LogP contribution in [0.2, 0.25) is 0 Å². The number of hydrogen-bond donors (Lipinski definition) is 2. The number of nitrogens with one attached hydrogen (secondary N) is 1. The van der Waals surface area contributed by atoms with Gasteiger partial charge in [-0.05, 0) is 36.6 Å². The van der Waals surface area contributed by atoms with E-state index < -0.39 is 23.0 Å². The Morgan fingerprint density at radius 3 is 2.67 bits per heavy atom. The molecule has 3 aliphatic rings. The van der Waals surface area contributed by atoms with Crippen LogP contribution in [0, 0.1) is 5.41 Å². The van der Waals surface area contributed by atoms with Crippen molar-refractivity contribution in [2.24, 2.45) is 5.41 Å². The van der Waals surface area contributed by atoms with E-state index in [-0.39, 0.29) is 24.8 Å². The molecule has 2 N–H and O–H groups in total. The van der Waals surface area contributed by atoms with E-state index in [1.807, 2.05) is 32.2 Å². The zero-order valence-corrected chi connectivity index (χ0v) is 21.9. The minimum absolute atomic E-state index is 0.175. The van der Waals surface area contributed by atoms with Crippen LogP contribution in [-0.4, -0.2) is 66.7 Å². The van der Waals surface area contributed by atoms with E-state index in [9.17, 15) is 19.5 Å². The Labute approximate surface area is 225 Å². The van der Waals surface area contributed by atoms with Crippen LogP contribution in [-0.2, 0) is 28.3 Å². The van der Waals surface area contributed by atoms with Gasteiger partial charge in [-0.1, -0.05) is 19.9 Å². The maximum atomic E-state index is 13.1. The molecule has 2 fully saturated rings. The summed E-state index contributed by atoms with van der Waals surface area (Å²) in [4.78, 5) is 54.2. The first-order chi connectivity index (χ1) is 18.6. The number of rotatable bonds is 5. The zero-order valence-electron chi connectivity index (χ0n) is 21.9. The van der Waals surface area contributed by atoms with Gasteiger partial charge in [0.25, 0.3) is 5.91 Å². The Kier molecular flexibility index (Phi) is 6.07. The fraction of sp³-hybridized carbons (Fsp3) is 0.429. The smallest absolute Gasteiger partial charge is 0.256 e. The van der Waals surface area contributed by atoms with Crippen molar-refractivity contribution >= 4 is 17.7 Å². The molecule has 2 saturated heterocycles. The summed E-state index contributed by atoms with van der Waals surface area (Å²) < 4.78 is 5.04. The highest BCUT2D eigenvalue weighted by Crippen LogP contribution is 2.46. The number of pyridine rings is 2. The van der Waals surface area contributed by atoms with Gasteiger partial charge in [0.1, 0.15) is 23.6 Å². The van der Waals surface area contributed by atoms with Crippen LogP contribution in [0.5, 0.6) is 0 Å². The highest BCUT2D eigenvalue weighted by atomic mass is 16.3. The molecule has 11 heteroatoms. The third-order valence-corrected chi connectivity index (χ3v) is 8.25. The molecule has 0 saturated carbocycles. The van der Waals surface area contributed by atoms with Crippen LogP contribution in [0.25, 0.3) is 11.4 Å². The minimum atomic E-state index is -1.20. The van der Waals surface area contributed by atoms with Gasteiger partial charge < -0.3 is 14.4 Å². The minimum Gasteiger partial charge on any atom is -0.451 e. The van der Waals surface area contributed by atoms with E-state index >= 15 is 0 Å². The van der Waals surface area contributed by atoms with Crippen LogP contribution >= 0.6 is 0 Å². The summed E-state index contributed by atoms with van der Waals surface area (Å²) in [6.45, 7) is 6.22. The fourth-order valence-electron chi connectivity index (χ4n) is 5.97. The number of piperidine rings is 2.